The van der Waals surface area contributed by atoms with Crippen molar-refractivity contribution in [1.29, 1.82) is 0 Å². The molecule has 0 fully saturated rings. The van der Waals surface area contributed by atoms with E-state index >= 15 is 0 Å². The first-order valence-electron chi connectivity index (χ1n) is 9.71. The van der Waals surface area contributed by atoms with E-state index in [1.54, 1.807) is 24.3 Å². The molecule has 0 aliphatic heterocycles. The van der Waals surface area contributed by atoms with Crippen LogP contribution in [0.15, 0.2) is 55.1 Å². The first-order valence-corrected chi connectivity index (χ1v) is 9.71. The summed E-state index contributed by atoms with van der Waals surface area (Å²) in [5.74, 6) is -1.59. The van der Waals surface area contributed by atoms with Crippen LogP contribution in [0, 0.1) is 11.6 Å². The number of alkyl halides is 3. The first-order chi connectivity index (χ1) is 15.8. The lowest BCUT2D eigenvalue weighted by atomic mass is 9.93. The maximum atomic E-state index is 14.4. The second-order valence-corrected chi connectivity index (χ2v) is 7.12. The highest BCUT2D eigenvalue weighted by molar-refractivity contribution is 5.82. The minimum absolute atomic E-state index is 0.000124. The fourth-order valence-corrected chi connectivity index (χ4v) is 3.37. The van der Waals surface area contributed by atoms with Gasteiger partial charge in [0.1, 0.15) is 35.6 Å². The summed E-state index contributed by atoms with van der Waals surface area (Å²) in [4.78, 5) is 14.8. The zero-order chi connectivity index (χ0) is 23.6. The molecule has 0 bridgehead atoms. The van der Waals surface area contributed by atoms with Crippen molar-refractivity contribution in [3.8, 4) is 11.6 Å². The number of hydrogen-bond acceptors (Lipinski definition) is 6. The largest absolute Gasteiger partial charge is 0.439 e. The van der Waals surface area contributed by atoms with Crippen molar-refractivity contribution in [2.24, 2.45) is 5.73 Å². The number of rotatable bonds is 6. The molecule has 11 heteroatoms. The average Bonchev–Trinajstić information content (AvgIpc) is 2.80. The van der Waals surface area contributed by atoms with Gasteiger partial charge in [0.05, 0.1) is 11.1 Å². The molecule has 2 aromatic carbocycles. The van der Waals surface area contributed by atoms with Gasteiger partial charge in [-0.15, -0.1) is 0 Å². The Kier molecular flexibility index (Phi) is 6.14. The number of halogens is 5. The molecule has 1 unspecified atom stereocenters. The number of fused-ring (bicyclic) bond motifs is 1. The smallest absolute Gasteiger partial charge is 0.433 e. The van der Waals surface area contributed by atoms with Crippen molar-refractivity contribution < 1.29 is 26.7 Å². The van der Waals surface area contributed by atoms with Crippen LogP contribution in [0.25, 0.3) is 10.9 Å². The van der Waals surface area contributed by atoms with Gasteiger partial charge in [-0.25, -0.2) is 28.7 Å². The normalized spacial score (nSPS) is 12.7. The lowest BCUT2D eigenvalue weighted by Crippen LogP contribution is -2.16. The number of ether oxygens (including phenoxy) is 1. The maximum absolute atomic E-state index is 14.4. The summed E-state index contributed by atoms with van der Waals surface area (Å²) < 4.78 is 72.2. The van der Waals surface area contributed by atoms with Crippen LogP contribution >= 0.6 is 0 Å². The molecule has 6 nitrogen and oxygen atoms in total. The highest BCUT2D eigenvalue weighted by Gasteiger charge is 2.33. The molecule has 0 aliphatic carbocycles. The molecular weight excluding hydrogens is 445 g/mol. The maximum Gasteiger partial charge on any atom is 0.433 e. The number of aromatic nitrogens is 4. The summed E-state index contributed by atoms with van der Waals surface area (Å²) in [7, 11) is 0. The van der Waals surface area contributed by atoms with Crippen molar-refractivity contribution in [3.63, 3.8) is 0 Å². The van der Waals surface area contributed by atoms with E-state index in [0.717, 1.165) is 24.0 Å². The van der Waals surface area contributed by atoms with E-state index < -0.39 is 23.5 Å². The molecule has 33 heavy (non-hydrogen) atoms. The van der Waals surface area contributed by atoms with Crippen LogP contribution in [0.2, 0.25) is 0 Å². The predicted molar refractivity (Wildman–Crippen MR) is 109 cm³/mol. The molecule has 2 heterocycles. The molecule has 0 aliphatic rings. The van der Waals surface area contributed by atoms with Crippen LogP contribution < -0.4 is 10.5 Å². The first kappa shape index (κ1) is 22.5. The standard InChI is InChI=1S/C22H16F5N5O/c23-15-5-6-16(24)21-20(15)17(29-10-32-21)7-13(9-28)12-1-3-14(4-2-12)33-19-8-18(22(25,26)27)30-11-31-19/h1-6,8,10-11,13H,7,9,28H2. The molecule has 170 valence electrons. The molecule has 2 N–H and O–H groups in total. The van der Waals surface area contributed by atoms with Crippen molar-refractivity contribution in [2.75, 3.05) is 6.54 Å². The number of hydrogen-bond donors (Lipinski definition) is 1. The lowest BCUT2D eigenvalue weighted by molar-refractivity contribution is -0.141. The summed E-state index contributed by atoms with van der Waals surface area (Å²) in [5.41, 5.74) is 5.76. The van der Waals surface area contributed by atoms with Crippen LogP contribution in [-0.4, -0.2) is 26.5 Å². The van der Waals surface area contributed by atoms with E-state index in [1.165, 1.54) is 6.33 Å². The SMILES string of the molecule is NCC(Cc1ncnc2c(F)ccc(F)c12)c1ccc(Oc2cc(C(F)(F)F)ncn2)cc1. The Balaban J connectivity index is 1.55. The van der Waals surface area contributed by atoms with Crippen LogP contribution in [0.4, 0.5) is 22.0 Å². The number of nitrogens with zero attached hydrogens (tertiary/aromatic N) is 4. The van der Waals surface area contributed by atoms with Crippen molar-refractivity contribution in [1.82, 2.24) is 19.9 Å². The molecule has 1 atom stereocenters. The second kappa shape index (κ2) is 9.02. The molecule has 0 amide bonds. The molecule has 0 saturated carbocycles. The number of benzene rings is 2. The van der Waals surface area contributed by atoms with E-state index in [2.05, 4.69) is 19.9 Å². The predicted octanol–water partition coefficient (Wildman–Crippen LogP) is 4.79. The van der Waals surface area contributed by atoms with Crippen molar-refractivity contribution >= 4 is 10.9 Å². The van der Waals surface area contributed by atoms with E-state index in [-0.39, 0.29) is 41.4 Å². The summed E-state index contributed by atoms with van der Waals surface area (Å²) in [6.07, 6.45) is -2.46. The van der Waals surface area contributed by atoms with Crippen molar-refractivity contribution in [2.45, 2.75) is 18.5 Å². The molecular formula is C22H16F5N5O. The Bertz CT molecular complexity index is 1280. The van der Waals surface area contributed by atoms with Crippen molar-refractivity contribution in [3.05, 3.63) is 83.7 Å². The topological polar surface area (TPSA) is 86.8 Å². The van der Waals surface area contributed by atoms with E-state index in [1.807, 2.05) is 0 Å². The van der Waals surface area contributed by atoms with Gasteiger partial charge in [0.2, 0.25) is 5.88 Å². The number of nitrogens with two attached hydrogens (primary N) is 1. The third kappa shape index (κ3) is 4.87. The Morgan fingerprint density at radius 2 is 1.58 bits per heavy atom. The molecule has 0 spiro atoms. The van der Waals surface area contributed by atoms with E-state index in [4.69, 9.17) is 10.5 Å². The van der Waals surface area contributed by atoms with Gasteiger partial charge in [-0.2, -0.15) is 13.2 Å². The van der Waals surface area contributed by atoms with Gasteiger partial charge in [-0.1, -0.05) is 12.1 Å². The molecule has 4 aromatic rings. The van der Waals surface area contributed by atoms with E-state index in [0.29, 0.717) is 11.8 Å². The lowest BCUT2D eigenvalue weighted by Gasteiger charge is -2.17. The summed E-state index contributed by atoms with van der Waals surface area (Å²) in [6.45, 7) is 0.184. The van der Waals surface area contributed by atoms with Gasteiger partial charge in [0.25, 0.3) is 0 Å². The van der Waals surface area contributed by atoms with Crippen LogP contribution in [0.1, 0.15) is 22.9 Å². The zero-order valence-corrected chi connectivity index (χ0v) is 16.9. The van der Waals surface area contributed by atoms with Gasteiger partial charge in [-0.3, -0.25) is 0 Å². The third-order valence-electron chi connectivity index (χ3n) is 5.00. The minimum Gasteiger partial charge on any atom is -0.439 e. The second-order valence-electron chi connectivity index (χ2n) is 7.12. The van der Waals surface area contributed by atoms with Gasteiger partial charge in [-0.05, 0) is 42.8 Å². The fraction of sp³-hybridized carbons (Fsp3) is 0.182. The Morgan fingerprint density at radius 1 is 0.879 bits per heavy atom. The Labute approximate surface area is 184 Å². The molecule has 4 rings (SSSR count). The molecule has 0 radical (unpaired) electrons. The Morgan fingerprint density at radius 3 is 2.27 bits per heavy atom. The molecule has 2 aromatic heterocycles. The summed E-state index contributed by atoms with van der Waals surface area (Å²) in [6, 6.07) is 9.17. The average molecular weight is 461 g/mol. The zero-order valence-electron chi connectivity index (χ0n) is 16.9. The summed E-state index contributed by atoms with van der Waals surface area (Å²) >= 11 is 0. The monoisotopic (exact) mass is 461 g/mol. The van der Waals surface area contributed by atoms with Gasteiger partial charge >= 0.3 is 6.18 Å². The van der Waals surface area contributed by atoms with E-state index in [9.17, 15) is 22.0 Å². The highest BCUT2D eigenvalue weighted by atomic mass is 19.4. The third-order valence-corrected chi connectivity index (χ3v) is 5.00. The van der Waals surface area contributed by atoms with Crippen LogP contribution in [-0.2, 0) is 12.6 Å². The Hall–Kier alpha value is -3.73. The van der Waals surface area contributed by atoms with Crippen LogP contribution in [0.3, 0.4) is 0 Å². The fourth-order valence-electron chi connectivity index (χ4n) is 3.37. The van der Waals surface area contributed by atoms with Gasteiger partial charge in [0, 0.05) is 12.0 Å². The van der Waals surface area contributed by atoms with Gasteiger partial charge < -0.3 is 10.5 Å². The summed E-state index contributed by atoms with van der Waals surface area (Å²) in [5, 5.41) is 0.000124. The molecule has 0 saturated heterocycles. The van der Waals surface area contributed by atoms with Gasteiger partial charge in [0.15, 0.2) is 5.69 Å². The minimum atomic E-state index is -4.62. The van der Waals surface area contributed by atoms with Crippen LogP contribution in [0.5, 0.6) is 11.6 Å². The highest BCUT2D eigenvalue weighted by Crippen LogP contribution is 2.31. The quantitative estimate of drug-likeness (QED) is 0.416.